The van der Waals surface area contributed by atoms with Crippen LogP contribution in [0.1, 0.15) is 10.6 Å². The summed E-state index contributed by atoms with van der Waals surface area (Å²) in [6, 6.07) is 9.57. The van der Waals surface area contributed by atoms with Crippen LogP contribution in [0.5, 0.6) is 0 Å². The van der Waals surface area contributed by atoms with Crippen molar-refractivity contribution < 1.29 is 14.1 Å². The summed E-state index contributed by atoms with van der Waals surface area (Å²) in [4.78, 5) is 27.0. The van der Waals surface area contributed by atoms with Gasteiger partial charge in [-0.2, -0.15) is 0 Å². The van der Waals surface area contributed by atoms with Crippen molar-refractivity contribution in [3.63, 3.8) is 0 Å². The predicted octanol–water partition coefficient (Wildman–Crippen LogP) is 3.32. The van der Waals surface area contributed by atoms with Crippen molar-refractivity contribution in [1.82, 2.24) is 9.55 Å². The molecule has 24 heavy (non-hydrogen) atoms. The van der Waals surface area contributed by atoms with Gasteiger partial charge in [0.1, 0.15) is 4.92 Å². The molecule has 1 aromatic carbocycles. The molecule has 0 spiro atoms. The predicted molar refractivity (Wildman–Crippen MR) is 87.1 cm³/mol. The van der Waals surface area contributed by atoms with Gasteiger partial charge in [-0.1, -0.05) is 11.8 Å². The first-order chi connectivity index (χ1) is 11.5. The van der Waals surface area contributed by atoms with E-state index in [1.807, 2.05) is 29.9 Å². The largest absolute Gasteiger partial charge is 0.433 e. The number of imidazole rings is 1. The Morgan fingerprint density at radius 3 is 2.62 bits per heavy atom. The van der Waals surface area contributed by atoms with Crippen molar-refractivity contribution in [3.05, 3.63) is 64.7 Å². The van der Waals surface area contributed by atoms with Crippen LogP contribution in [-0.4, -0.2) is 20.4 Å². The van der Waals surface area contributed by atoms with Gasteiger partial charge in [0.2, 0.25) is 0 Å². The SMILES string of the molecule is Cn1ccnc1Sc1ccc(NC(=O)c2ccc([N+](=O)[O-])o2)cc1. The van der Waals surface area contributed by atoms with Gasteiger partial charge in [0.25, 0.3) is 5.91 Å². The first-order valence-corrected chi connectivity index (χ1v) is 7.65. The lowest BCUT2D eigenvalue weighted by Crippen LogP contribution is -2.10. The molecule has 0 bridgehead atoms. The molecule has 3 aromatic rings. The highest BCUT2D eigenvalue weighted by Crippen LogP contribution is 2.27. The van der Waals surface area contributed by atoms with Crippen LogP contribution in [-0.2, 0) is 7.05 Å². The highest BCUT2D eigenvalue weighted by molar-refractivity contribution is 7.99. The van der Waals surface area contributed by atoms with Gasteiger partial charge in [0.15, 0.2) is 10.9 Å². The lowest BCUT2D eigenvalue weighted by atomic mass is 10.3. The van der Waals surface area contributed by atoms with E-state index in [1.165, 1.54) is 17.8 Å². The van der Waals surface area contributed by atoms with Crippen LogP contribution >= 0.6 is 11.8 Å². The number of hydrogen-bond donors (Lipinski definition) is 1. The average molecular weight is 344 g/mol. The summed E-state index contributed by atoms with van der Waals surface area (Å²) in [7, 11) is 1.91. The van der Waals surface area contributed by atoms with Crippen LogP contribution in [0.15, 0.2) is 63.3 Å². The van der Waals surface area contributed by atoms with Crippen molar-refractivity contribution in [1.29, 1.82) is 0 Å². The van der Waals surface area contributed by atoms with Gasteiger partial charge in [0.05, 0.1) is 6.07 Å². The van der Waals surface area contributed by atoms with Gasteiger partial charge in [-0.15, -0.1) is 0 Å². The fourth-order valence-electron chi connectivity index (χ4n) is 1.90. The van der Waals surface area contributed by atoms with E-state index >= 15 is 0 Å². The van der Waals surface area contributed by atoms with E-state index in [-0.39, 0.29) is 5.76 Å². The number of carbonyl (C=O) groups is 1. The number of hydrogen-bond acceptors (Lipinski definition) is 6. The summed E-state index contributed by atoms with van der Waals surface area (Å²) < 4.78 is 6.77. The van der Waals surface area contributed by atoms with E-state index in [9.17, 15) is 14.9 Å². The van der Waals surface area contributed by atoms with Gasteiger partial charge >= 0.3 is 5.88 Å². The van der Waals surface area contributed by atoms with Crippen molar-refractivity contribution in [2.24, 2.45) is 7.05 Å². The van der Waals surface area contributed by atoms with Gasteiger partial charge in [-0.3, -0.25) is 14.9 Å². The third-order valence-corrected chi connectivity index (χ3v) is 4.18. The van der Waals surface area contributed by atoms with Crippen LogP contribution in [0.4, 0.5) is 11.6 Å². The molecule has 0 atom stereocenters. The molecule has 0 radical (unpaired) electrons. The Labute approximate surface area is 140 Å². The van der Waals surface area contributed by atoms with E-state index in [0.717, 1.165) is 16.1 Å². The van der Waals surface area contributed by atoms with Gasteiger partial charge in [-0.05, 0) is 30.3 Å². The van der Waals surface area contributed by atoms with Crippen molar-refractivity contribution in [2.45, 2.75) is 10.1 Å². The second-order valence-electron chi connectivity index (χ2n) is 4.80. The maximum Gasteiger partial charge on any atom is 0.433 e. The van der Waals surface area contributed by atoms with Crippen molar-refractivity contribution in [3.8, 4) is 0 Å². The number of rotatable bonds is 5. The zero-order valence-corrected chi connectivity index (χ0v) is 13.3. The molecule has 0 aliphatic carbocycles. The number of anilines is 1. The molecular weight excluding hydrogens is 332 g/mol. The average Bonchev–Trinajstić information content (AvgIpc) is 3.19. The second-order valence-corrected chi connectivity index (χ2v) is 5.84. The maximum absolute atomic E-state index is 12.0. The van der Waals surface area contributed by atoms with Crippen LogP contribution in [0.3, 0.4) is 0 Å². The Balaban J connectivity index is 1.66. The van der Waals surface area contributed by atoms with Crippen molar-refractivity contribution >= 4 is 29.2 Å². The molecular formula is C15H12N4O4S. The molecule has 0 aliphatic rings. The van der Waals surface area contributed by atoms with E-state index in [2.05, 4.69) is 10.3 Å². The highest BCUT2D eigenvalue weighted by atomic mass is 32.2. The summed E-state index contributed by atoms with van der Waals surface area (Å²) in [5, 5.41) is 14.0. The van der Waals surface area contributed by atoms with Crippen LogP contribution < -0.4 is 5.32 Å². The zero-order chi connectivity index (χ0) is 17.1. The number of carbonyl (C=O) groups excluding carboxylic acids is 1. The minimum Gasteiger partial charge on any atom is -0.395 e. The smallest absolute Gasteiger partial charge is 0.395 e. The third kappa shape index (κ3) is 3.46. The van der Waals surface area contributed by atoms with Gasteiger partial charge in [-0.25, -0.2) is 4.98 Å². The molecule has 0 saturated carbocycles. The number of aryl methyl sites for hydroxylation is 1. The second kappa shape index (κ2) is 6.59. The van der Waals surface area contributed by atoms with E-state index in [0.29, 0.717) is 5.69 Å². The molecule has 0 aliphatic heterocycles. The summed E-state index contributed by atoms with van der Waals surface area (Å²) >= 11 is 1.50. The summed E-state index contributed by atoms with van der Waals surface area (Å²) in [6.45, 7) is 0. The highest BCUT2D eigenvalue weighted by Gasteiger charge is 2.17. The van der Waals surface area contributed by atoms with Gasteiger partial charge in [0, 0.05) is 30.0 Å². The first kappa shape index (κ1) is 15.8. The molecule has 9 heteroatoms. The van der Waals surface area contributed by atoms with Crippen LogP contribution in [0, 0.1) is 10.1 Å². The zero-order valence-electron chi connectivity index (χ0n) is 12.5. The number of nitrogens with zero attached hydrogens (tertiary/aromatic N) is 3. The minimum atomic E-state index is -0.694. The maximum atomic E-state index is 12.0. The number of amides is 1. The Hall–Kier alpha value is -3.07. The lowest BCUT2D eigenvalue weighted by Gasteiger charge is -2.05. The molecule has 1 amide bonds. The quantitative estimate of drug-likeness (QED) is 0.562. The Bertz CT molecular complexity index is 885. The number of nitro groups is 1. The fraction of sp³-hybridized carbons (Fsp3) is 0.0667. The molecule has 2 heterocycles. The topological polar surface area (TPSA) is 103 Å². The normalized spacial score (nSPS) is 10.5. The van der Waals surface area contributed by atoms with Crippen molar-refractivity contribution in [2.75, 3.05) is 5.32 Å². The molecule has 3 rings (SSSR count). The molecule has 1 N–H and O–H groups in total. The standard InChI is InChI=1S/C15H12N4O4S/c1-18-9-8-16-15(18)24-11-4-2-10(3-5-11)17-14(20)12-6-7-13(23-12)19(21)22/h2-9H,1H3,(H,17,20). The summed E-state index contributed by atoms with van der Waals surface area (Å²) in [6.07, 6.45) is 3.58. The molecule has 0 unspecified atom stereocenters. The van der Waals surface area contributed by atoms with E-state index in [1.54, 1.807) is 18.3 Å². The first-order valence-electron chi connectivity index (χ1n) is 6.84. The van der Waals surface area contributed by atoms with Gasteiger partial charge < -0.3 is 14.3 Å². The Kier molecular flexibility index (Phi) is 4.34. The molecule has 122 valence electrons. The Morgan fingerprint density at radius 2 is 2.04 bits per heavy atom. The van der Waals surface area contributed by atoms with E-state index < -0.39 is 16.7 Å². The fourth-order valence-corrected chi connectivity index (χ4v) is 2.70. The number of nitrogens with one attached hydrogen (secondary N) is 1. The number of aromatic nitrogens is 2. The monoisotopic (exact) mass is 344 g/mol. The van der Waals surface area contributed by atoms with Crippen LogP contribution in [0.2, 0.25) is 0 Å². The number of benzene rings is 1. The van der Waals surface area contributed by atoms with Crippen LogP contribution in [0.25, 0.3) is 0 Å². The summed E-state index contributed by atoms with van der Waals surface area (Å²) in [5.74, 6) is -1.14. The third-order valence-electron chi connectivity index (χ3n) is 3.09. The molecule has 0 fully saturated rings. The minimum absolute atomic E-state index is 0.117. The lowest BCUT2D eigenvalue weighted by molar-refractivity contribution is -0.402. The Morgan fingerprint density at radius 1 is 1.29 bits per heavy atom. The molecule has 8 nitrogen and oxygen atoms in total. The summed E-state index contributed by atoms with van der Waals surface area (Å²) in [5.41, 5.74) is 0.559. The number of furan rings is 1. The van der Waals surface area contributed by atoms with E-state index in [4.69, 9.17) is 4.42 Å². The molecule has 0 saturated heterocycles. The molecule has 2 aromatic heterocycles.